The fraction of sp³-hybridized carbons (Fsp3) is 0. The lowest BCUT2D eigenvalue weighted by molar-refractivity contribution is 0.482. The minimum Gasteiger partial charge on any atom is -0.507 e. The second-order valence-corrected chi connectivity index (χ2v) is 3.00. The number of aromatic hydroxyl groups is 1. The molecule has 0 aliphatic rings. The molecule has 0 bridgehead atoms. The lowest BCUT2D eigenvalue weighted by Gasteiger charge is -1.98. The first-order valence-corrected chi connectivity index (χ1v) is 4.16. The fourth-order valence-corrected chi connectivity index (χ4v) is 1.53. The van der Waals surface area contributed by atoms with E-state index in [1.165, 1.54) is 6.39 Å². The maximum Gasteiger partial charge on any atom is 0.182 e. The summed E-state index contributed by atoms with van der Waals surface area (Å²) >= 11 is 0. The summed E-state index contributed by atoms with van der Waals surface area (Å²) in [5.41, 5.74) is 1.87. The van der Waals surface area contributed by atoms with Gasteiger partial charge in [-0.15, -0.1) is 0 Å². The number of aromatic nitrogens is 2. The van der Waals surface area contributed by atoms with Crippen molar-refractivity contribution in [2.24, 2.45) is 0 Å². The molecule has 68 valence electrons. The van der Waals surface area contributed by atoms with Gasteiger partial charge >= 0.3 is 0 Å². The number of hydrogen-bond acceptors (Lipinski definition) is 4. The second-order valence-electron chi connectivity index (χ2n) is 3.00. The molecule has 2 heterocycles. The molecule has 0 aliphatic heterocycles. The van der Waals surface area contributed by atoms with Crippen molar-refractivity contribution in [1.29, 1.82) is 0 Å². The van der Waals surface area contributed by atoms with Crippen LogP contribution in [0.1, 0.15) is 0 Å². The van der Waals surface area contributed by atoms with Gasteiger partial charge in [-0.3, -0.25) is 4.98 Å². The lowest BCUT2D eigenvalue weighted by atomic mass is 10.2. The van der Waals surface area contributed by atoms with Crippen LogP contribution >= 0.6 is 0 Å². The number of oxazole rings is 1. The molecule has 2 aromatic heterocycles. The number of rotatable bonds is 0. The van der Waals surface area contributed by atoms with Crippen molar-refractivity contribution in [2.75, 3.05) is 0 Å². The Kier molecular flexibility index (Phi) is 1.28. The molecular formula is C10H6N2O2. The van der Waals surface area contributed by atoms with E-state index in [0.29, 0.717) is 22.0 Å². The first-order chi connectivity index (χ1) is 6.86. The zero-order valence-electron chi connectivity index (χ0n) is 7.14. The fourth-order valence-electron chi connectivity index (χ4n) is 1.53. The third kappa shape index (κ3) is 0.821. The SMILES string of the molecule is Oc1cc2ncoc2c2ncccc12. The van der Waals surface area contributed by atoms with Crippen LogP contribution in [0.4, 0.5) is 0 Å². The summed E-state index contributed by atoms with van der Waals surface area (Å²) in [6.45, 7) is 0. The molecule has 0 unspecified atom stereocenters. The first kappa shape index (κ1) is 7.32. The van der Waals surface area contributed by atoms with Crippen LogP contribution in [-0.2, 0) is 0 Å². The van der Waals surface area contributed by atoms with Crippen LogP contribution in [0.25, 0.3) is 22.0 Å². The van der Waals surface area contributed by atoms with Crippen LogP contribution in [-0.4, -0.2) is 15.1 Å². The van der Waals surface area contributed by atoms with E-state index in [1.807, 2.05) is 0 Å². The van der Waals surface area contributed by atoms with Crippen molar-refractivity contribution in [3.8, 4) is 5.75 Å². The highest BCUT2D eigenvalue weighted by Crippen LogP contribution is 2.30. The Balaban J connectivity index is 2.67. The Morgan fingerprint density at radius 2 is 2.21 bits per heavy atom. The van der Waals surface area contributed by atoms with Gasteiger partial charge in [-0.25, -0.2) is 4.98 Å². The van der Waals surface area contributed by atoms with Crippen molar-refractivity contribution in [2.45, 2.75) is 0 Å². The molecule has 3 aromatic rings. The molecule has 0 fully saturated rings. The molecule has 4 heteroatoms. The van der Waals surface area contributed by atoms with Gasteiger partial charge in [0, 0.05) is 17.6 Å². The number of fused-ring (bicyclic) bond motifs is 3. The zero-order valence-corrected chi connectivity index (χ0v) is 7.14. The number of phenols is 1. The van der Waals surface area contributed by atoms with Crippen LogP contribution in [0.15, 0.2) is 35.2 Å². The maximum absolute atomic E-state index is 9.67. The van der Waals surface area contributed by atoms with Gasteiger partial charge in [0.05, 0.1) is 0 Å². The maximum atomic E-state index is 9.67. The van der Waals surface area contributed by atoms with Crippen molar-refractivity contribution in [3.05, 3.63) is 30.8 Å². The number of phenolic OH excluding ortho intramolecular Hbond substituents is 1. The molecule has 4 nitrogen and oxygen atoms in total. The standard InChI is InChI=1S/C10H6N2O2/c13-8-4-7-10(14-5-12-7)9-6(8)2-1-3-11-9/h1-5,13H. The molecule has 0 spiro atoms. The third-order valence-corrected chi connectivity index (χ3v) is 2.17. The van der Waals surface area contributed by atoms with E-state index >= 15 is 0 Å². The number of benzene rings is 1. The molecule has 0 atom stereocenters. The van der Waals surface area contributed by atoms with E-state index in [2.05, 4.69) is 9.97 Å². The smallest absolute Gasteiger partial charge is 0.182 e. The van der Waals surface area contributed by atoms with Crippen LogP contribution in [0.2, 0.25) is 0 Å². The molecule has 0 aliphatic carbocycles. The Morgan fingerprint density at radius 3 is 3.14 bits per heavy atom. The lowest BCUT2D eigenvalue weighted by Crippen LogP contribution is -1.79. The summed E-state index contributed by atoms with van der Waals surface area (Å²) in [6, 6.07) is 5.13. The van der Waals surface area contributed by atoms with E-state index in [9.17, 15) is 5.11 Å². The summed E-state index contributed by atoms with van der Waals surface area (Å²) in [7, 11) is 0. The molecule has 1 N–H and O–H groups in total. The average molecular weight is 186 g/mol. The molecule has 0 radical (unpaired) electrons. The molecular weight excluding hydrogens is 180 g/mol. The summed E-state index contributed by atoms with van der Waals surface area (Å²) in [4.78, 5) is 8.11. The normalized spacial score (nSPS) is 11.1. The third-order valence-electron chi connectivity index (χ3n) is 2.17. The molecule has 3 rings (SSSR count). The van der Waals surface area contributed by atoms with Gasteiger partial charge in [-0.1, -0.05) is 0 Å². The van der Waals surface area contributed by atoms with Gasteiger partial charge in [-0.05, 0) is 12.1 Å². The predicted octanol–water partition coefficient (Wildman–Crippen LogP) is 2.08. The van der Waals surface area contributed by atoms with Crippen LogP contribution in [0, 0.1) is 0 Å². The Bertz CT molecular complexity index is 616. The number of nitrogens with zero attached hydrogens (tertiary/aromatic N) is 2. The van der Waals surface area contributed by atoms with Crippen molar-refractivity contribution in [3.63, 3.8) is 0 Å². The summed E-state index contributed by atoms with van der Waals surface area (Å²) in [5, 5.41) is 10.3. The van der Waals surface area contributed by atoms with Gasteiger partial charge in [0.1, 0.15) is 16.8 Å². The Morgan fingerprint density at radius 1 is 1.29 bits per heavy atom. The van der Waals surface area contributed by atoms with Gasteiger partial charge in [0.2, 0.25) is 0 Å². The minimum atomic E-state index is 0.175. The summed E-state index contributed by atoms with van der Waals surface area (Å²) < 4.78 is 5.20. The number of pyridine rings is 1. The average Bonchev–Trinajstić information content (AvgIpc) is 2.66. The predicted molar refractivity (Wildman–Crippen MR) is 51.0 cm³/mol. The highest BCUT2D eigenvalue weighted by Gasteiger charge is 2.09. The van der Waals surface area contributed by atoms with E-state index in [4.69, 9.17) is 4.42 Å². The van der Waals surface area contributed by atoms with Crippen molar-refractivity contribution in [1.82, 2.24) is 9.97 Å². The monoisotopic (exact) mass is 186 g/mol. The van der Waals surface area contributed by atoms with E-state index < -0.39 is 0 Å². The minimum absolute atomic E-state index is 0.175. The molecule has 1 aromatic carbocycles. The van der Waals surface area contributed by atoms with E-state index in [0.717, 1.165) is 0 Å². The van der Waals surface area contributed by atoms with Crippen LogP contribution in [0.3, 0.4) is 0 Å². The largest absolute Gasteiger partial charge is 0.507 e. The van der Waals surface area contributed by atoms with Crippen molar-refractivity contribution >= 4 is 22.0 Å². The molecule has 14 heavy (non-hydrogen) atoms. The van der Waals surface area contributed by atoms with Gasteiger partial charge in [0.15, 0.2) is 12.0 Å². The Hall–Kier alpha value is -2.10. The van der Waals surface area contributed by atoms with Crippen LogP contribution < -0.4 is 0 Å². The van der Waals surface area contributed by atoms with Gasteiger partial charge in [-0.2, -0.15) is 0 Å². The summed E-state index contributed by atoms with van der Waals surface area (Å²) in [5.74, 6) is 0.175. The topological polar surface area (TPSA) is 59.2 Å². The zero-order chi connectivity index (χ0) is 9.54. The van der Waals surface area contributed by atoms with E-state index in [-0.39, 0.29) is 5.75 Å². The van der Waals surface area contributed by atoms with Crippen LogP contribution in [0.5, 0.6) is 5.75 Å². The van der Waals surface area contributed by atoms with Crippen molar-refractivity contribution < 1.29 is 9.52 Å². The quantitative estimate of drug-likeness (QED) is 0.584. The Labute approximate surface area is 78.8 Å². The molecule has 0 saturated heterocycles. The molecule has 0 saturated carbocycles. The van der Waals surface area contributed by atoms with E-state index in [1.54, 1.807) is 24.4 Å². The summed E-state index contributed by atoms with van der Waals surface area (Å²) in [6.07, 6.45) is 3.00. The van der Waals surface area contributed by atoms with Gasteiger partial charge < -0.3 is 9.52 Å². The highest BCUT2D eigenvalue weighted by molar-refractivity contribution is 6.03. The second kappa shape index (κ2) is 2.45. The first-order valence-electron chi connectivity index (χ1n) is 4.16. The number of hydrogen-bond donors (Lipinski definition) is 1. The van der Waals surface area contributed by atoms with Gasteiger partial charge in [0.25, 0.3) is 0 Å². The molecule has 0 amide bonds. The highest BCUT2D eigenvalue weighted by atomic mass is 16.3.